The largest absolute Gasteiger partial charge is 0.361 e. The lowest BCUT2D eigenvalue weighted by atomic mass is 10.00. The fourth-order valence-electron chi connectivity index (χ4n) is 10.5. The van der Waals surface area contributed by atoms with Crippen LogP contribution in [0, 0.1) is 0 Å². The van der Waals surface area contributed by atoms with Crippen LogP contribution in [-0.4, -0.2) is 89.5 Å². The Bertz CT molecular complexity index is 4310. The molecule has 0 bridgehead atoms. The molecule has 4 aliphatic heterocycles. The van der Waals surface area contributed by atoms with Crippen molar-refractivity contribution in [2.75, 3.05) is 26.2 Å². The Hall–Kier alpha value is -9.80. The molecule has 382 valence electrons. The van der Waals surface area contributed by atoms with Crippen molar-refractivity contribution in [3.05, 3.63) is 210 Å². The van der Waals surface area contributed by atoms with Gasteiger partial charge in [0.2, 0.25) is 0 Å². The maximum Gasteiger partial charge on any atom is 0.252 e. The van der Waals surface area contributed by atoms with E-state index < -0.39 is 9.71 Å². The van der Waals surface area contributed by atoms with Crippen molar-refractivity contribution in [2.24, 2.45) is 14.1 Å². The molecule has 1 unspecified atom stereocenters. The minimum atomic E-state index is -2.86. The molecule has 16 heteroatoms. The van der Waals surface area contributed by atoms with Crippen molar-refractivity contribution >= 4 is 106 Å². The van der Waals surface area contributed by atoms with Gasteiger partial charge in [0.25, 0.3) is 23.6 Å². The number of aromatic amines is 1. The zero-order valence-electron chi connectivity index (χ0n) is 42.0. The number of nitrogens with zero attached hydrogens (tertiary/aromatic N) is 3. The third kappa shape index (κ3) is 8.50. The monoisotopic (exact) mass is 1040 g/mol. The summed E-state index contributed by atoms with van der Waals surface area (Å²) in [6, 6.07) is 40.9. The molecule has 14 rings (SSSR count). The van der Waals surface area contributed by atoms with Crippen LogP contribution in [-0.2, 0) is 23.8 Å². The molecule has 6 aromatic carbocycles. The van der Waals surface area contributed by atoms with Gasteiger partial charge in [-0.2, -0.15) is 0 Å². The number of amides is 4. The van der Waals surface area contributed by atoms with E-state index in [-0.39, 0.29) is 48.3 Å². The number of benzene rings is 6. The summed E-state index contributed by atoms with van der Waals surface area (Å²) in [6.07, 6.45) is 5.51. The average molecular weight is 1040 g/mol. The van der Waals surface area contributed by atoms with Crippen LogP contribution in [0.15, 0.2) is 170 Å². The number of hydrogen-bond acceptors (Lipinski definition) is 7. The van der Waals surface area contributed by atoms with Gasteiger partial charge in [-0.05, 0) is 83.2 Å². The number of Topliss-reactive ketones (excluding diaryl/α,β-unsaturated/α-hetero) is 2. The highest BCUT2D eigenvalue weighted by Crippen LogP contribution is 2.37. The summed E-state index contributed by atoms with van der Waals surface area (Å²) < 4.78 is 18.9. The molecule has 0 radical (unpaired) electrons. The molecule has 10 aromatic rings. The molecule has 4 aliphatic rings. The number of carbonyl (C=O) groups is 6. The van der Waals surface area contributed by atoms with E-state index in [4.69, 9.17) is 0 Å². The second-order valence-corrected chi connectivity index (χ2v) is 21.1. The molecule has 5 N–H and O–H groups in total. The van der Waals surface area contributed by atoms with Crippen LogP contribution < -0.4 is 21.3 Å². The fraction of sp³-hybridized carbons (Fsp3) is 0.0984. The summed E-state index contributed by atoms with van der Waals surface area (Å²) in [5.74, 6) is 3.10. The van der Waals surface area contributed by atoms with Crippen LogP contribution in [0.4, 0.5) is 0 Å². The van der Waals surface area contributed by atoms with E-state index in [1.54, 1.807) is 54.7 Å². The molecule has 15 nitrogen and oxygen atoms in total. The van der Waals surface area contributed by atoms with Gasteiger partial charge < -0.3 is 35.4 Å². The molecule has 0 saturated heterocycles. The number of rotatable bonds is 3. The van der Waals surface area contributed by atoms with Crippen LogP contribution >= 0.6 is 0 Å². The topological polar surface area (TPSA) is 198 Å². The lowest BCUT2D eigenvalue weighted by Gasteiger charge is -2.13. The molecular weight excluding hydrogens is 989 g/mol. The molecule has 0 aliphatic carbocycles. The predicted molar refractivity (Wildman–Crippen MR) is 303 cm³/mol. The zero-order valence-corrected chi connectivity index (χ0v) is 42.8. The number of aryl methyl sites for hydroxylation is 2. The number of carbonyl (C=O) groups excluding carboxylic acids is 6. The smallest absolute Gasteiger partial charge is 0.252 e. The van der Waals surface area contributed by atoms with Gasteiger partial charge in [0.1, 0.15) is 0 Å². The number of nitrogens with one attached hydrogen (secondary N) is 5. The first-order valence-corrected chi connectivity index (χ1v) is 26.3. The van der Waals surface area contributed by atoms with Crippen LogP contribution in [0.1, 0.15) is 73.3 Å². The summed E-state index contributed by atoms with van der Waals surface area (Å²) in [4.78, 5) is 76.8. The molecule has 77 heavy (non-hydrogen) atoms. The highest BCUT2D eigenvalue weighted by molar-refractivity contribution is 7.99. The lowest BCUT2D eigenvalue weighted by molar-refractivity contribution is 0.0911. The summed E-state index contributed by atoms with van der Waals surface area (Å²) >= 11 is 0. The van der Waals surface area contributed by atoms with Gasteiger partial charge in [-0.25, -0.2) is 4.21 Å². The second-order valence-electron chi connectivity index (χ2n) is 18.9. The summed E-state index contributed by atoms with van der Waals surface area (Å²) in [5, 5.41) is 14.3. The fourth-order valence-corrected chi connectivity index (χ4v) is 12.1. The third-order valence-electron chi connectivity index (χ3n) is 14.3. The maximum absolute atomic E-state index is 13.4. The molecule has 1 atom stereocenters. The Balaban J connectivity index is 0.000000111. The molecule has 4 amide bonds. The van der Waals surface area contributed by atoms with Gasteiger partial charge in [-0.3, -0.25) is 32.7 Å². The standard InChI is InChI=1S/C18H14N2O3S.C18H14N2O2.C13H12N2O.C12H10N2O/c1-24(23,12-6-3-2-4-7-12)20-11-14-16(21)10-19-18(22)13-8-5-9-15(20)17(13)14;1-20-13-9-5-8-12-15(13)16(14(21)10-19-18(12)22)17(20)11-6-3-2-4-7-11;1-8-6-14-13(16)9-4-3-5-11-12(9)10(8)7-15(11)2;1-7-5-14-12(15)8-3-2-4-10-11(8)9(7)6-13-10/h2-9,11H,1,10H2,(H,19,22);2-9H,10H2,1H3,(H,19,22);3-5,7H,1,6H2,2H3,(H,14,16);2-4,6,13H,1,5H2,(H,14,15). The predicted octanol–water partition coefficient (Wildman–Crippen LogP) is 8.74. The van der Waals surface area contributed by atoms with Gasteiger partial charge in [0, 0.05) is 128 Å². The highest BCUT2D eigenvalue weighted by Gasteiger charge is 2.30. The van der Waals surface area contributed by atoms with E-state index >= 15 is 0 Å². The van der Waals surface area contributed by atoms with E-state index in [0.717, 1.165) is 77.4 Å². The second kappa shape index (κ2) is 19.5. The average Bonchev–Trinajstić information content (AvgIpc) is 4.21. The first-order valence-electron chi connectivity index (χ1n) is 24.6. The van der Waals surface area contributed by atoms with E-state index in [2.05, 4.69) is 45.3 Å². The lowest BCUT2D eigenvalue weighted by Crippen LogP contribution is -2.27. The maximum atomic E-state index is 13.4. The van der Waals surface area contributed by atoms with E-state index in [1.165, 1.54) is 3.97 Å². The Morgan fingerprint density at radius 3 is 1.58 bits per heavy atom. The van der Waals surface area contributed by atoms with Gasteiger partial charge in [-0.15, -0.1) is 0 Å². The van der Waals surface area contributed by atoms with Crippen LogP contribution in [0.25, 0.3) is 66.0 Å². The number of aromatic nitrogens is 4. The van der Waals surface area contributed by atoms with Gasteiger partial charge >= 0.3 is 0 Å². The van der Waals surface area contributed by atoms with Crippen LogP contribution in [0.2, 0.25) is 0 Å². The first kappa shape index (κ1) is 49.4. The molecular formula is C61H50N8O7S. The number of hydrogen-bond donors (Lipinski definition) is 5. The Morgan fingerprint density at radius 2 is 0.961 bits per heavy atom. The minimum Gasteiger partial charge on any atom is -0.361 e. The SMILES string of the molecule is C=C1CNC(=O)c2cccc3[nH]cc1c23.C=C1CNC(=O)c2cccc3c2c1cn3C.C=S(=O)(c1ccccc1)n1cc2c3c(cccc31)C(=O)NCC2=O.Cn1c(-c2ccccc2)c2c3c(cccc31)C(=O)NCC2=O. The minimum absolute atomic E-state index is 0.0169. The van der Waals surface area contributed by atoms with Crippen molar-refractivity contribution in [3.63, 3.8) is 0 Å². The number of ketones is 2. The molecule has 8 heterocycles. The third-order valence-corrected chi connectivity index (χ3v) is 16.2. The molecule has 0 spiro atoms. The first-order chi connectivity index (χ1) is 37.1. The Morgan fingerprint density at radius 1 is 0.468 bits per heavy atom. The summed E-state index contributed by atoms with van der Waals surface area (Å²) in [6.45, 7) is 8.98. The van der Waals surface area contributed by atoms with Gasteiger partial charge in [0.15, 0.2) is 11.6 Å². The summed E-state index contributed by atoms with van der Waals surface area (Å²) in [5.41, 5.74) is 12.9. The number of H-pyrrole nitrogens is 1. The summed E-state index contributed by atoms with van der Waals surface area (Å²) in [7, 11) is 1.06. The van der Waals surface area contributed by atoms with Gasteiger partial charge in [0.05, 0.1) is 39.6 Å². The molecule has 4 aromatic heterocycles. The van der Waals surface area contributed by atoms with E-state index in [1.807, 2.05) is 121 Å². The quantitative estimate of drug-likeness (QED) is 0.109. The molecule has 0 fully saturated rings. The van der Waals surface area contributed by atoms with Crippen LogP contribution in [0.3, 0.4) is 0 Å². The highest BCUT2D eigenvalue weighted by atomic mass is 32.2. The molecule has 0 saturated carbocycles. The van der Waals surface area contributed by atoms with Crippen LogP contribution in [0.5, 0.6) is 0 Å². The van der Waals surface area contributed by atoms with Crippen molar-refractivity contribution in [3.8, 4) is 11.3 Å². The van der Waals surface area contributed by atoms with Crippen molar-refractivity contribution in [1.29, 1.82) is 0 Å². The zero-order chi connectivity index (χ0) is 53.9. The van der Waals surface area contributed by atoms with Gasteiger partial charge in [-0.1, -0.05) is 86.0 Å². The van der Waals surface area contributed by atoms with Crippen molar-refractivity contribution in [1.82, 2.24) is 39.4 Å². The van der Waals surface area contributed by atoms with E-state index in [9.17, 15) is 33.0 Å². The van der Waals surface area contributed by atoms with E-state index in [0.29, 0.717) is 51.1 Å². The Labute approximate surface area is 442 Å². The van der Waals surface area contributed by atoms with Crippen molar-refractivity contribution in [2.45, 2.75) is 4.90 Å². The Kier molecular flexibility index (Phi) is 12.5. The normalized spacial score (nSPS) is 15.2. The van der Waals surface area contributed by atoms with Crippen molar-refractivity contribution < 1.29 is 33.0 Å².